The maximum atomic E-state index is 9.16. The number of pyridine rings is 1. The number of piperidine rings is 1. The van der Waals surface area contributed by atoms with Crippen molar-refractivity contribution in [2.75, 3.05) is 24.6 Å². The zero-order valence-corrected chi connectivity index (χ0v) is 12.0. The van der Waals surface area contributed by atoms with Crippen LogP contribution in [0.15, 0.2) is 18.5 Å². The Bertz CT molecular complexity index is 656. The lowest BCUT2D eigenvalue weighted by Crippen LogP contribution is -2.35. The predicted octanol–water partition coefficient (Wildman–Crippen LogP) is 2.23. The minimum atomic E-state index is 0.258. The van der Waals surface area contributed by atoms with E-state index >= 15 is 0 Å². The Balaban J connectivity index is 1.95. The Morgan fingerprint density at radius 1 is 1.52 bits per heavy atom. The molecule has 0 aromatic carbocycles. The number of anilines is 1. The van der Waals surface area contributed by atoms with Crippen LogP contribution in [-0.2, 0) is 6.42 Å². The number of aliphatic hydroxyl groups is 1. The summed E-state index contributed by atoms with van der Waals surface area (Å²) in [6.45, 7) is 2.25. The van der Waals surface area contributed by atoms with Gasteiger partial charge in [0.25, 0.3) is 0 Å². The van der Waals surface area contributed by atoms with Gasteiger partial charge >= 0.3 is 0 Å². The molecule has 1 aliphatic heterocycles. The lowest BCUT2D eigenvalue weighted by atomic mass is 9.94. The number of hydrogen-bond donors (Lipinski definition) is 2. The van der Waals surface area contributed by atoms with Crippen molar-refractivity contribution in [1.82, 2.24) is 9.97 Å². The molecule has 110 valence electrons. The van der Waals surface area contributed by atoms with Crippen LogP contribution in [-0.4, -0.2) is 34.8 Å². The van der Waals surface area contributed by atoms with Gasteiger partial charge in [-0.2, -0.15) is 5.26 Å². The van der Waals surface area contributed by atoms with Crippen LogP contribution < -0.4 is 4.90 Å². The molecule has 0 aliphatic carbocycles. The van der Waals surface area contributed by atoms with Crippen LogP contribution in [0.4, 0.5) is 5.69 Å². The standard InChI is InChI=1S/C16H20N4O/c17-6-3-13-10-19-16-15(13)14(4-7-18-16)20-8-1-2-12(11-20)5-9-21/h4,7,10,12,21H,1-3,5,8-9,11H2,(H,18,19). The molecule has 5 nitrogen and oxygen atoms in total. The number of nitriles is 1. The maximum Gasteiger partial charge on any atom is 0.139 e. The van der Waals surface area contributed by atoms with Gasteiger partial charge in [0.15, 0.2) is 0 Å². The molecule has 1 atom stereocenters. The van der Waals surface area contributed by atoms with Gasteiger partial charge in [-0.05, 0) is 36.8 Å². The Labute approximate surface area is 124 Å². The monoisotopic (exact) mass is 284 g/mol. The van der Waals surface area contributed by atoms with Crippen LogP contribution >= 0.6 is 0 Å². The number of fused-ring (bicyclic) bond motifs is 1. The first kappa shape index (κ1) is 13.9. The molecule has 1 fully saturated rings. The van der Waals surface area contributed by atoms with Gasteiger partial charge in [-0.15, -0.1) is 0 Å². The van der Waals surface area contributed by atoms with Crippen molar-refractivity contribution in [2.45, 2.75) is 25.7 Å². The molecule has 1 unspecified atom stereocenters. The molecule has 0 spiro atoms. The second-order valence-corrected chi connectivity index (χ2v) is 5.67. The third kappa shape index (κ3) is 2.72. The molecule has 0 radical (unpaired) electrons. The SMILES string of the molecule is N#CCc1c[nH]c2nccc(N3CCCC(CCO)C3)c12. The van der Waals surface area contributed by atoms with Gasteiger partial charge < -0.3 is 15.0 Å². The van der Waals surface area contributed by atoms with E-state index in [0.717, 1.165) is 48.2 Å². The molecule has 5 heteroatoms. The van der Waals surface area contributed by atoms with Gasteiger partial charge in [0, 0.05) is 43.2 Å². The molecule has 0 amide bonds. The average molecular weight is 284 g/mol. The van der Waals surface area contributed by atoms with Crippen molar-refractivity contribution in [3.8, 4) is 6.07 Å². The Morgan fingerprint density at radius 3 is 3.24 bits per heavy atom. The van der Waals surface area contributed by atoms with Crippen LogP contribution in [0.3, 0.4) is 0 Å². The second kappa shape index (κ2) is 6.15. The van der Waals surface area contributed by atoms with Crippen LogP contribution in [0.25, 0.3) is 11.0 Å². The second-order valence-electron chi connectivity index (χ2n) is 5.67. The number of aromatic amines is 1. The summed E-state index contributed by atoms with van der Waals surface area (Å²) >= 11 is 0. The highest BCUT2D eigenvalue weighted by atomic mass is 16.3. The molecule has 1 saturated heterocycles. The van der Waals surface area contributed by atoms with Crippen LogP contribution in [0.5, 0.6) is 0 Å². The predicted molar refractivity (Wildman–Crippen MR) is 82.1 cm³/mol. The molecule has 0 saturated carbocycles. The van der Waals surface area contributed by atoms with E-state index in [0.29, 0.717) is 12.3 Å². The van der Waals surface area contributed by atoms with E-state index < -0.39 is 0 Å². The van der Waals surface area contributed by atoms with Crippen LogP contribution in [0.2, 0.25) is 0 Å². The zero-order valence-electron chi connectivity index (χ0n) is 12.0. The van der Waals surface area contributed by atoms with Crippen molar-refractivity contribution >= 4 is 16.7 Å². The first-order chi connectivity index (χ1) is 10.3. The number of H-pyrrole nitrogens is 1. The van der Waals surface area contributed by atoms with Crippen LogP contribution in [0.1, 0.15) is 24.8 Å². The highest BCUT2D eigenvalue weighted by Gasteiger charge is 2.22. The van der Waals surface area contributed by atoms with E-state index in [9.17, 15) is 0 Å². The number of rotatable bonds is 4. The molecular formula is C16H20N4O. The molecule has 0 bridgehead atoms. The van der Waals surface area contributed by atoms with Crippen LogP contribution in [0, 0.1) is 17.2 Å². The lowest BCUT2D eigenvalue weighted by Gasteiger charge is -2.34. The van der Waals surface area contributed by atoms with Gasteiger partial charge in [0.05, 0.1) is 12.5 Å². The summed E-state index contributed by atoms with van der Waals surface area (Å²) in [6, 6.07) is 4.26. The van der Waals surface area contributed by atoms with E-state index in [-0.39, 0.29) is 6.61 Å². The minimum absolute atomic E-state index is 0.258. The fourth-order valence-electron chi connectivity index (χ4n) is 3.30. The van der Waals surface area contributed by atoms with E-state index in [1.54, 1.807) is 0 Å². The third-order valence-electron chi connectivity index (χ3n) is 4.30. The summed E-state index contributed by atoms with van der Waals surface area (Å²) in [7, 11) is 0. The van der Waals surface area contributed by atoms with Crippen molar-refractivity contribution in [3.63, 3.8) is 0 Å². The molecule has 1 aliphatic rings. The third-order valence-corrected chi connectivity index (χ3v) is 4.30. The quantitative estimate of drug-likeness (QED) is 0.902. The molecule has 3 rings (SSSR count). The average Bonchev–Trinajstić information content (AvgIpc) is 2.92. The highest BCUT2D eigenvalue weighted by Crippen LogP contribution is 2.32. The lowest BCUT2D eigenvalue weighted by molar-refractivity contribution is 0.244. The fraction of sp³-hybridized carbons (Fsp3) is 0.500. The Kier molecular flexibility index (Phi) is 4.07. The first-order valence-electron chi connectivity index (χ1n) is 7.51. The molecule has 2 aromatic heterocycles. The Morgan fingerprint density at radius 2 is 2.43 bits per heavy atom. The maximum absolute atomic E-state index is 9.16. The first-order valence-corrected chi connectivity index (χ1v) is 7.51. The summed E-state index contributed by atoms with van der Waals surface area (Å²) < 4.78 is 0. The molecular weight excluding hydrogens is 264 g/mol. The molecule has 2 N–H and O–H groups in total. The van der Waals surface area contributed by atoms with E-state index in [1.165, 1.54) is 6.42 Å². The molecule has 2 aromatic rings. The number of aliphatic hydroxyl groups excluding tert-OH is 1. The highest BCUT2D eigenvalue weighted by molar-refractivity contribution is 5.93. The van der Waals surface area contributed by atoms with Gasteiger partial charge in [-0.1, -0.05) is 0 Å². The Hall–Kier alpha value is -2.06. The summed E-state index contributed by atoms with van der Waals surface area (Å²) in [5.74, 6) is 0.547. The smallest absolute Gasteiger partial charge is 0.139 e. The van der Waals surface area contributed by atoms with Crippen molar-refractivity contribution < 1.29 is 5.11 Å². The van der Waals surface area contributed by atoms with E-state index in [1.807, 2.05) is 18.5 Å². The van der Waals surface area contributed by atoms with E-state index in [2.05, 4.69) is 20.9 Å². The largest absolute Gasteiger partial charge is 0.396 e. The van der Waals surface area contributed by atoms with Crippen molar-refractivity contribution in [3.05, 3.63) is 24.0 Å². The van der Waals surface area contributed by atoms with Gasteiger partial charge in [0.1, 0.15) is 5.65 Å². The van der Waals surface area contributed by atoms with E-state index in [4.69, 9.17) is 10.4 Å². The number of aromatic nitrogens is 2. The number of hydrogen-bond acceptors (Lipinski definition) is 4. The van der Waals surface area contributed by atoms with Gasteiger partial charge in [-0.3, -0.25) is 0 Å². The summed E-state index contributed by atoms with van der Waals surface area (Å²) in [5, 5.41) is 19.2. The zero-order chi connectivity index (χ0) is 14.7. The van der Waals surface area contributed by atoms with Crippen molar-refractivity contribution in [2.24, 2.45) is 5.92 Å². The number of nitrogens with one attached hydrogen (secondary N) is 1. The number of nitrogens with zero attached hydrogens (tertiary/aromatic N) is 3. The fourth-order valence-corrected chi connectivity index (χ4v) is 3.30. The minimum Gasteiger partial charge on any atom is -0.396 e. The summed E-state index contributed by atoms with van der Waals surface area (Å²) in [6.07, 6.45) is 7.30. The topological polar surface area (TPSA) is 75.9 Å². The van der Waals surface area contributed by atoms with Gasteiger partial charge in [0.2, 0.25) is 0 Å². The van der Waals surface area contributed by atoms with Gasteiger partial charge in [-0.25, -0.2) is 4.98 Å². The summed E-state index contributed by atoms with van der Waals surface area (Å²) in [4.78, 5) is 9.90. The normalized spacial score (nSPS) is 18.9. The van der Waals surface area contributed by atoms with Crippen molar-refractivity contribution in [1.29, 1.82) is 5.26 Å². The molecule has 3 heterocycles. The molecule has 21 heavy (non-hydrogen) atoms. The summed E-state index contributed by atoms with van der Waals surface area (Å²) in [5.41, 5.74) is 3.02.